The van der Waals surface area contributed by atoms with E-state index in [2.05, 4.69) is 10.2 Å². The molecule has 0 N–H and O–H groups in total. The lowest BCUT2D eigenvalue weighted by Gasteiger charge is -2.27. The molecule has 0 saturated carbocycles. The normalized spacial score (nSPS) is 23.5. The standard InChI is InChI=1S/C21H20N2O3/c1-12-8-9-14-10-21(19(24)18(14)13(12)2)17(11-22-23-21)15-6-4-5-7-16(15)20(25)26-3/h4-9,17H,10-11H2,1-3H3/t17-,21+/m0/s1. The van der Waals surface area contributed by atoms with Crippen molar-refractivity contribution in [2.24, 2.45) is 10.2 Å². The fraction of sp³-hybridized carbons (Fsp3) is 0.333. The van der Waals surface area contributed by atoms with Gasteiger partial charge in [0, 0.05) is 17.9 Å². The number of Topliss-reactive ketones (excluding diaryl/α,β-unsaturated/α-hetero) is 1. The van der Waals surface area contributed by atoms with E-state index in [4.69, 9.17) is 4.74 Å². The van der Waals surface area contributed by atoms with Gasteiger partial charge in [-0.25, -0.2) is 4.79 Å². The van der Waals surface area contributed by atoms with Crippen molar-refractivity contribution in [2.45, 2.75) is 31.7 Å². The van der Waals surface area contributed by atoms with E-state index in [1.165, 1.54) is 7.11 Å². The molecular weight excluding hydrogens is 328 g/mol. The molecule has 1 aliphatic heterocycles. The second-order valence-electron chi connectivity index (χ2n) is 7.03. The van der Waals surface area contributed by atoms with E-state index >= 15 is 0 Å². The summed E-state index contributed by atoms with van der Waals surface area (Å²) >= 11 is 0. The van der Waals surface area contributed by atoms with Crippen molar-refractivity contribution in [1.29, 1.82) is 0 Å². The van der Waals surface area contributed by atoms with E-state index in [-0.39, 0.29) is 11.7 Å². The highest BCUT2D eigenvalue weighted by atomic mass is 16.5. The van der Waals surface area contributed by atoms with Gasteiger partial charge in [0.1, 0.15) is 0 Å². The average Bonchev–Trinajstić information content (AvgIpc) is 3.20. The average molecular weight is 348 g/mol. The number of fused-ring (bicyclic) bond motifs is 1. The lowest BCUT2D eigenvalue weighted by atomic mass is 9.76. The molecular formula is C21H20N2O3. The molecule has 2 aromatic carbocycles. The summed E-state index contributed by atoms with van der Waals surface area (Å²) in [7, 11) is 1.36. The highest BCUT2D eigenvalue weighted by Gasteiger charge is 2.55. The van der Waals surface area contributed by atoms with Crippen LogP contribution in [0, 0.1) is 13.8 Å². The van der Waals surface area contributed by atoms with E-state index in [1.807, 2.05) is 38.1 Å². The van der Waals surface area contributed by atoms with Crippen LogP contribution in [-0.2, 0) is 11.2 Å². The zero-order valence-corrected chi connectivity index (χ0v) is 15.1. The SMILES string of the molecule is COC(=O)c1ccccc1[C@@H]1CN=N[C@]12Cc1ccc(C)c(C)c1C2=O. The van der Waals surface area contributed by atoms with Crippen LogP contribution >= 0.6 is 0 Å². The Labute approximate surface area is 152 Å². The maximum Gasteiger partial charge on any atom is 0.338 e. The van der Waals surface area contributed by atoms with E-state index in [1.54, 1.807) is 12.1 Å². The molecule has 4 rings (SSSR count). The fourth-order valence-corrected chi connectivity index (χ4v) is 4.21. The Morgan fingerprint density at radius 3 is 2.73 bits per heavy atom. The Morgan fingerprint density at radius 1 is 1.19 bits per heavy atom. The molecule has 0 fully saturated rings. The first kappa shape index (κ1) is 16.6. The summed E-state index contributed by atoms with van der Waals surface area (Å²) in [4.78, 5) is 25.7. The van der Waals surface area contributed by atoms with Crippen molar-refractivity contribution >= 4 is 11.8 Å². The monoisotopic (exact) mass is 348 g/mol. The van der Waals surface area contributed by atoms with Gasteiger partial charge in [-0.05, 0) is 42.2 Å². The first-order valence-corrected chi connectivity index (χ1v) is 8.69. The predicted molar refractivity (Wildman–Crippen MR) is 96.9 cm³/mol. The molecule has 5 nitrogen and oxygen atoms in total. The molecule has 26 heavy (non-hydrogen) atoms. The van der Waals surface area contributed by atoms with Crippen molar-refractivity contribution in [3.8, 4) is 0 Å². The zero-order valence-electron chi connectivity index (χ0n) is 15.1. The minimum absolute atomic E-state index is 0.0135. The molecule has 2 aliphatic rings. The number of esters is 1. The lowest BCUT2D eigenvalue weighted by Crippen LogP contribution is -2.39. The van der Waals surface area contributed by atoms with E-state index in [0.717, 1.165) is 27.8 Å². The van der Waals surface area contributed by atoms with Crippen LogP contribution in [0.1, 0.15) is 48.9 Å². The number of ketones is 1. The van der Waals surface area contributed by atoms with Gasteiger partial charge in [-0.3, -0.25) is 4.79 Å². The minimum Gasteiger partial charge on any atom is -0.465 e. The van der Waals surface area contributed by atoms with Crippen LogP contribution in [0.4, 0.5) is 0 Å². The summed E-state index contributed by atoms with van der Waals surface area (Å²) in [6.07, 6.45) is 0.520. The molecule has 1 heterocycles. The first-order chi connectivity index (χ1) is 12.5. The maximum absolute atomic E-state index is 13.5. The summed E-state index contributed by atoms with van der Waals surface area (Å²) in [5.41, 5.74) is 4.18. The van der Waals surface area contributed by atoms with Crippen LogP contribution < -0.4 is 0 Å². The zero-order chi connectivity index (χ0) is 18.5. The van der Waals surface area contributed by atoms with Crippen LogP contribution in [0.15, 0.2) is 46.6 Å². The summed E-state index contributed by atoms with van der Waals surface area (Å²) in [5.74, 6) is -0.658. The first-order valence-electron chi connectivity index (χ1n) is 8.69. The number of carbonyl (C=O) groups excluding carboxylic acids is 2. The van der Waals surface area contributed by atoms with Crippen molar-refractivity contribution in [1.82, 2.24) is 0 Å². The van der Waals surface area contributed by atoms with Crippen LogP contribution in [0.25, 0.3) is 0 Å². The van der Waals surface area contributed by atoms with Crippen molar-refractivity contribution in [2.75, 3.05) is 13.7 Å². The van der Waals surface area contributed by atoms with Crippen molar-refractivity contribution in [3.05, 3.63) is 69.8 Å². The summed E-state index contributed by atoms with van der Waals surface area (Å²) < 4.78 is 4.93. The van der Waals surface area contributed by atoms with Crippen LogP contribution in [-0.4, -0.2) is 30.9 Å². The smallest absolute Gasteiger partial charge is 0.338 e. The van der Waals surface area contributed by atoms with Crippen molar-refractivity contribution < 1.29 is 14.3 Å². The molecule has 2 atom stereocenters. The number of benzene rings is 2. The lowest BCUT2D eigenvalue weighted by molar-refractivity contribution is 0.0597. The molecule has 1 spiro atoms. The molecule has 1 aliphatic carbocycles. The quantitative estimate of drug-likeness (QED) is 0.775. The number of rotatable bonds is 2. The Bertz CT molecular complexity index is 964. The van der Waals surface area contributed by atoms with Gasteiger partial charge in [0.05, 0.1) is 19.2 Å². The van der Waals surface area contributed by atoms with Crippen LogP contribution in [0.3, 0.4) is 0 Å². The Kier molecular flexibility index (Phi) is 3.75. The van der Waals surface area contributed by atoms with Gasteiger partial charge in [-0.1, -0.05) is 30.3 Å². The fourth-order valence-electron chi connectivity index (χ4n) is 4.21. The number of carbonyl (C=O) groups is 2. The third kappa shape index (κ3) is 2.16. The number of azo groups is 1. The molecule has 2 aromatic rings. The van der Waals surface area contributed by atoms with Crippen molar-refractivity contribution in [3.63, 3.8) is 0 Å². The van der Waals surface area contributed by atoms with Crippen LogP contribution in [0.5, 0.6) is 0 Å². The molecule has 5 heteroatoms. The van der Waals surface area contributed by atoms with Crippen LogP contribution in [0.2, 0.25) is 0 Å². The van der Waals surface area contributed by atoms with E-state index < -0.39 is 11.5 Å². The van der Waals surface area contributed by atoms with Gasteiger partial charge in [-0.2, -0.15) is 10.2 Å². The second kappa shape index (κ2) is 5.87. The molecule has 132 valence electrons. The third-order valence-electron chi connectivity index (χ3n) is 5.73. The van der Waals surface area contributed by atoms with Gasteiger partial charge < -0.3 is 4.74 Å². The Balaban J connectivity index is 1.84. The molecule has 0 bridgehead atoms. The molecule has 0 radical (unpaired) electrons. The van der Waals surface area contributed by atoms with Gasteiger partial charge in [0.2, 0.25) is 0 Å². The number of nitrogens with zero attached hydrogens (tertiary/aromatic N) is 2. The predicted octanol–water partition coefficient (Wildman–Crippen LogP) is 3.82. The van der Waals surface area contributed by atoms with E-state index in [9.17, 15) is 9.59 Å². The van der Waals surface area contributed by atoms with E-state index in [0.29, 0.717) is 18.5 Å². The number of methoxy groups -OCH3 is 1. The second-order valence-corrected chi connectivity index (χ2v) is 7.03. The highest BCUT2D eigenvalue weighted by Crippen LogP contribution is 2.48. The molecule has 0 unspecified atom stereocenters. The van der Waals surface area contributed by atoms with Gasteiger partial charge in [-0.15, -0.1) is 0 Å². The summed E-state index contributed by atoms with van der Waals surface area (Å²) in [5, 5.41) is 8.68. The topological polar surface area (TPSA) is 68.1 Å². The van der Waals surface area contributed by atoms with Gasteiger partial charge in [0.25, 0.3) is 0 Å². The summed E-state index contributed by atoms with van der Waals surface area (Å²) in [6.45, 7) is 4.38. The maximum atomic E-state index is 13.5. The number of ether oxygens (including phenoxy) is 1. The molecule has 0 saturated heterocycles. The van der Waals surface area contributed by atoms with Gasteiger partial charge in [0.15, 0.2) is 11.3 Å². The third-order valence-corrected chi connectivity index (χ3v) is 5.73. The molecule has 0 amide bonds. The number of hydrogen-bond acceptors (Lipinski definition) is 5. The highest BCUT2D eigenvalue weighted by molar-refractivity contribution is 6.10. The number of hydrogen-bond donors (Lipinski definition) is 0. The number of aryl methyl sites for hydroxylation is 1. The Hall–Kier alpha value is -2.82. The minimum atomic E-state index is -0.953. The van der Waals surface area contributed by atoms with Gasteiger partial charge >= 0.3 is 5.97 Å². The Morgan fingerprint density at radius 2 is 1.96 bits per heavy atom. The molecule has 0 aromatic heterocycles. The summed E-state index contributed by atoms with van der Waals surface area (Å²) in [6, 6.07) is 11.3. The largest absolute Gasteiger partial charge is 0.465 e.